The number of hydrogen-bond donors (Lipinski definition) is 0. The van der Waals surface area contributed by atoms with E-state index in [1.807, 2.05) is 26.0 Å². The molecule has 0 fully saturated rings. The fraction of sp³-hybridized carbons (Fsp3) is 0.286. The molecule has 3 rings (SSSR count). The number of hydrogen-bond acceptors (Lipinski definition) is 2. The number of rotatable bonds is 2. The van der Waals surface area contributed by atoms with E-state index in [0.29, 0.717) is 23.4 Å². The number of benzene rings is 1. The van der Waals surface area contributed by atoms with Crippen molar-refractivity contribution in [3.8, 4) is 0 Å². The van der Waals surface area contributed by atoms with Crippen molar-refractivity contribution in [2.45, 2.75) is 26.9 Å². The van der Waals surface area contributed by atoms with Crippen LogP contribution in [-0.4, -0.2) is 14.1 Å². The van der Waals surface area contributed by atoms with Crippen LogP contribution in [0.5, 0.6) is 0 Å². The first kappa shape index (κ1) is 13.5. The normalized spacial score (nSPS) is 11.6. The zero-order chi connectivity index (χ0) is 14.4. The summed E-state index contributed by atoms with van der Waals surface area (Å²) >= 11 is 12.1. The zero-order valence-electron chi connectivity index (χ0n) is 11.2. The molecular formula is C14H13Cl2N3O. The van der Waals surface area contributed by atoms with Crippen LogP contribution in [0.25, 0.3) is 21.8 Å². The quantitative estimate of drug-likeness (QED) is 0.677. The predicted octanol–water partition coefficient (Wildman–Crippen LogP) is 3.70. The van der Waals surface area contributed by atoms with Crippen LogP contribution >= 0.6 is 23.2 Å². The Morgan fingerprint density at radius 1 is 1.05 bits per heavy atom. The molecular weight excluding hydrogens is 297 g/mol. The van der Waals surface area contributed by atoms with Crippen LogP contribution in [0.2, 0.25) is 10.3 Å². The molecule has 20 heavy (non-hydrogen) atoms. The van der Waals surface area contributed by atoms with E-state index in [-0.39, 0.29) is 5.69 Å². The summed E-state index contributed by atoms with van der Waals surface area (Å²) in [5.74, 6) is 0. The van der Waals surface area contributed by atoms with Crippen molar-refractivity contribution < 1.29 is 0 Å². The lowest BCUT2D eigenvalue weighted by Crippen LogP contribution is -2.22. The summed E-state index contributed by atoms with van der Waals surface area (Å²) in [6.07, 6.45) is 0. The lowest BCUT2D eigenvalue weighted by molar-refractivity contribution is 0.671. The maximum absolute atomic E-state index is 12.3. The number of imidazole rings is 1. The lowest BCUT2D eigenvalue weighted by atomic mass is 10.1. The molecule has 0 aliphatic rings. The van der Waals surface area contributed by atoms with Crippen molar-refractivity contribution in [1.82, 2.24) is 14.1 Å². The van der Waals surface area contributed by atoms with Crippen molar-refractivity contribution in [2.24, 2.45) is 0 Å². The number of aromatic nitrogens is 3. The van der Waals surface area contributed by atoms with Gasteiger partial charge in [0, 0.05) is 18.5 Å². The highest BCUT2D eigenvalue weighted by molar-refractivity contribution is 6.36. The third kappa shape index (κ3) is 1.83. The molecule has 0 saturated carbocycles. The topological polar surface area (TPSA) is 39.8 Å². The first-order valence-electron chi connectivity index (χ1n) is 6.45. The Bertz CT molecular complexity index is 880. The van der Waals surface area contributed by atoms with Gasteiger partial charge in [-0.1, -0.05) is 23.2 Å². The highest BCUT2D eigenvalue weighted by Gasteiger charge is 2.13. The van der Waals surface area contributed by atoms with Crippen LogP contribution in [-0.2, 0) is 13.1 Å². The van der Waals surface area contributed by atoms with E-state index in [2.05, 4.69) is 4.98 Å². The summed E-state index contributed by atoms with van der Waals surface area (Å²) in [6, 6.07) is 5.62. The van der Waals surface area contributed by atoms with Gasteiger partial charge in [-0.3, -0.25) is 9.13 Å². The molecule has 2 aromatic heterocycles. The summed E-state index contributed by atoms with van der Waals surface area (Å²) in [7, 11) is 0. The Kier molecular flexibility index (Phi) is 3.22. The number of halogens is 2. The van der Waals surface area contributed by atoms with Crippen molar-refractivity contribution in [2.75, 3.05) is 0 Å². The third-order valence-corrected chi connectivity index (χ3v) is 4.01. The van der Waals surface area contributed by atoms with Gasteiger partial charge in [0.15, 0.2) is 0 Å². The van der Waals surface area contributed by atoms with Gasteiger partial charge in [0.1, 0.15) is 10.3 Å². The highest BCUT2D eigenvalue weighted by Crippen LogP contribution is 2.29. The molecule has 0 atom stereocenters. The molecule has 1 aromatic carbocycles. The van der Waals surface area contributed by atoms with E-state index in [1.54, 1.807) is 15.2 Å². The first-order valence-corrected chi connectivity index (χ1v) is 7.21. The zero-order valence-corrected chi connectivity index (χ0v) is 12.7. The van der Waals surface area contributed by atoms with E-state index in [1.165, 1.54) is 0 Å². The maximum atomic E-state index is 12.3. The third-order valence-electron chi connectivity index (χ3n) is 3.52. The molecule has 104 valence electrons. The molecule has 4 nitrogen and oxygen atoms in total. The Morgan fingerprint density at radius 3 is 2.25 bits per heavy atom. The van der Waals surface area contributed by atoms with Crippen LogP contribution in [0.1, 0.15) is 13.8 Å². The van der Waals surface area contributed by atoms with Crippen molar-refractivity contribution in [3.05, 3.63) is 39.0 Å². The van der Waals surface area contributed by atoms with Gasteiger partial charge in [-0.05, 0) is 37.4 Å². The van der Waals surface area contributed by atoms with Gasteiger partial charge in [-0.15, -0.1) is 0 Å². The molecule has 0 spiro atoms. The maximum Gasteiger partial charge on any atom is 0.329 e. The number of fused-ring (bicyclic) bond motifs is 2. The van der Waals surface area contributed by atoms with E-state index in [9.17, 15) is 4.79 Å². The Balaban J connectivity index is 2.54. The average Bonchev–Trinajstić information content (AvgIpc) is 2.66. The largest absolute Gasteiger partial charge is 0.329 e. The minimum atomic E-state index is -0.00418. The van der Waals surface area contributed by atoms with Gasteiger partial charge in [-0.25, -0.2) is 9.78 Å². The van der Waals surface area contributed by atoms with Crippen LogP contribution in [0, 0.1) is 0 Å². The molecule has 0 amide bonds. The van der Waals surface area contributed by atoms with Gasteiger partial charge < -0.3 is 0 Å². The van der Waals surface area contributed by atoms with E-state index in [4.69, 9.17) is 23.2 Å². The van der Waals surface area contributed by atoms with Crippen LogP contribution < -0.4 is 5.69 Å². The van der Waals surface area contributed by atoms with Gasteiger partial charge in [0.25, 0.3) is 0 Å². The molecule has 0 aliphatic carbocycles. The van der Waals surface area contributed by atoms with Crippen molar-refractivity contribution >= 4 is 45.0 Å². The molecule has 0 aliphatic heterocycles. The summed E-state index contributed by atoms with van der Waals surface area (Å²) in [5.41, 5.74) is 1.76. The number of nitrogens with zero attached hydrogens (tertiary/aromatic N) is 3. The fourth-order valence-corrected chi connectivity index (χ4v) is 3.10. The van der Waals surface area contributed by atoms with E-state index in [0.717, 1.165) is 21.8 Å². The molecule has 0 unspecified atom stereocenters. The lowest BCUT2D eigenvalue weighted by Gasteiger charge is -2.04. The molecule has 3 aromatic rings. The minimum absolute atomic E-state index is 0.00418. The second-order valence-electron chi connectivity index (χ2n) is 4.57. The summed E-state index contributed by atoms with van der Waals surface area (Å²) < 4.78 is 3.49. The monoisotopic (exact) mass is 309 g/mol. The average molecular weight is 310 g/mol. The summed E-state index contributed by atoms with van der Waals surface area (Å²) in [5, 5.41) is 2.40. The molecule has 0 N–H and O–H groups in total. The van der Waals surface area contributed by atoms with Gasteiger partial charge in [0.05, 0.1) is 11.0 Å². The molecule has 0 bridgehead atoms. The molecule has 2 heterocycles. The van der Waals surface area contributed by atoms with Gasteiger partial charge in [0.2, 0.25) is 0 Å². The highest BCUT2D eigenvalue weighted by atomic mass is 35.5. The van der Waals surface area contributed by atoms with Crippen LogP contribution in [0.4, 0.5) is 0 Å². The van der Waals surface area contributed by atoms with E-state index >= 15 is 0 Å². The molecule has 0 saturated heterocycles. The van der Waals surface area contributed by atoms with E-state index < -0.39 is 0 Å². The molecule has 0 radical (unpaired) electrons. The smallest absolute Gasteiger partial charge is 0.292 e. The van der Waals surface area contributed by atoms with Gasteiger partial charge in [-0.2, -0.15) is 0 Å². The number of aryl methyl sites for hydroxylation is 2. The Hall–Kier alpha value is -1.52. The van der Waals surface area contributed by atoms with Gasteiger partial charge >= 0.3 is 5.69 Å². The van der Waals surface area contributed by atoms with Crippen LogP contribution in [0.15, 0.2) is 23.0 Å². The van der Waals surface area contributed by atoms with Crippen LogP contribution in [0.3, 0.4) is 0 Å². The Morgan fingerprint density at radius 2 is 1.65 bits per heavy atom. The first-order chi connectivity index (χ1) is 9.56. The summed E-state index contributed by atoms with van der Waals surface area (Å²) in [6.45, 7) is 5.15. The molecule has 6 heteroatoms. The second-order valence-corrected chi connectivity index (χ2v) is 5.31. The van der Waals surface area contributed by atoms with Crippen molar-refractivity contribution in [3.63, 3.8) is 0 Å². The standard InChI is InChI=1S/C14H13Cl2N3O/c1-3-18-10-5-8-6-12(15)17-13(16)9(8)7-11(10)19(4-2)14(18)20/h5-7H,3-4H2,1-2H3. The van der Waals surface area contributed by atoms with Crippen molar-refractivity contribution in [1.29, 1.82) is 0 Å². The fourth-order valence-electron chi connectivity index (χ4n) is 2.60. The number of pyridine rings is 1. The second kappa shape index (κ2) is 4.79. The summed E-state index contributed by atoms with van der Waals surface area (Å²) in [4.78, 5) is 16.4. The predicted molar refractivity (Wildman–Crippen MR) is 82.9 cm³/mol. The Labute approximate surface area is 125 Å². The SMILES string of the molecule is CCn1c(=O)n(CC)c2cc3c(Cl)nc(Cl)cc3cc21. The minimum Gasteiger partial charge on any atom is -0.292 e.